The average Bonchev–Trinajstić information content (AvgIpc) is 2.61. The lowest BCUT2D eigenvalue weighted by Crippen LogP contribution is -2.24. The molecule has 1 atom stereocenters. The number of hydrogen-bond donors (Lipinski definition) is 1. The topological polar surface area (TPSA) is 67.5 Å². The largest absolute Gasteiger partial charge is 0.367 e. The lowest BCUT2D eigenvalue weighted by Gasteiger charge is -2.23. The normalized spacial score (nSPS) is 17.1. The van der Waals surface area contributed by atoms with Gasteiger partial charge in [-0.3, -0.25) is 9.98 Å². The molecule has 0 amide bonds. The van der Waals surface area contributed by atoms with E-state index in [4.69, 9.17) is 4.98 Å². The molecular formula is C19H26N6. The van der Waals surface area contributed by atoms with Gasteiger partial charge in [-0.15, -0.1) is 0 Å². The smallest absolute Gasteiger partial charge is 0.170 e. The molecule has 3 rings (SSSR count). The van der Waals surface area contributed by atoms with Gasteiger partial charge in [-0.05, 0) is 58.1 Å². The average molecular weight is 338 g/mol. The summed E-state index contributed by atoms with van der Waals surface area (Å²) in [7, 11) is 0. The second-order valence-electron chi connectivity index (χ2n) is 6.64. The van der Waals surface area contributed by atoms with Crippen molar-refractivity contribution in [1.82, 2.24) is 14.6 Å². The molecule has 0 saturated carbocycles. The third-order valence-electron chi connectivity index (χ3n) is 4.56. The first-order chi connectivity index (χ1) is 12.1. The molecule has 2 aromatic rings. The van der Waals surface area contributed by atoms with Crippen molar-refractivity contribution in [3.63, 3.8) is 0 Å². The fourth-order valence-electron chi connectivity index (χ4n) is 3.10. The Kier molecular flexibility index (Phi) is 5.26. The van der Waals surface area contributed by atoms with Gasteiger partial charge in [0.2, 0.25) is 0 Å². The number of nitrogens with one attached hydrogen (secondary N) is 1. The van der Waals surface area contributed by atoms with Crippen LogP contribution in [-0.4, -0.2) is 33.9 Å². The van der Waals surface area contributed by atoms with Crippen molar-refractivity contribution in [1.29, 1.82) is 0 Å². The van der Waals surface area contributed by atoms with Crippen LogP contribution in [-0.2, 0) is 12.8 Å². The first kappa shape index (κ1) is 17.3. The van der Waals surface area contributed by atoms with E-state index in [0.717, 1.165) is 47.6 Å². The minimum Gasteiger partial charge on any atom is -0.367 e. The molecule has 6 nitrogen and oxygen atoms in total. The Morgan fingerprint density at radius 2 is 2.20 bits per heavy atom. The lowest BCUT2D eigenvalue weighted by atomic mass is 10.0. The van der Waals surface area contributed by atoms with Gasteiger partial charge < -0.3 is 5.32 Å². The molecule has 3 heterocycles. The molecule has 1 aliphatic heterocycles. The summed E-state index contributed by atoms with van der Waals surface area (Å²) in [4.78, 5) is 13.8. The van der Waals surface area contributed by atoms with Crippen LogP contribution in [0.4, 0.5) is 5.82 Å². The molecule has 0 fully saturated rings. The molecule has 6 heteroatoms. The fraction of sp³-hybridized carbons (Fsp3) is 0.474. The first-order valence-electron chi connectivity index (χ1n) is 8.86. The van der Waals surface area contributed by atoms with Gasteiger partial charge in [-0.25, -0.2) is 9.66 Å². The van der Waals surface area contributed by atoms with Crippen LogP contribution in [0, 0.1) is 13.8 Å². The van der Waals surface area contributed by atoms with E-state index in [1.807, 2.05) is 13.8 Å². The van der Waals surface area contributed by atoms with Crippen LogP contribution in [0.5, 0.6) is 0 Å². The predicted molar refractivity (Wildman–Crippen MR) is 101 cm³/mol. The summed E-state index contributed by atoms with van der Waals surface area (Å²) in [5.74, 6) is 1.06. The molecule has 25 heavy (non-hydrogen) atoms. The monoisotopic (exact) mass is 338 g/mol. The highest BCUT2D eigenvalue weighted by molar-refractivity contribution is 5.48. The standard InChI is InChI=1S/C19H26N6/c1-13-7-8-16-9-10-17(24-18(16)23-13)6-5-11-21-19-15(3)22-12-14(2)25(19)20-4/h9-10,12-13H,4-8,11H2,1-3H3,(H,23,24)/b21-19-. The maximum Gasteiger partial charge on any atom is 0.170 e. The maximum atomic E-state index is 4.77. The number of pyridine rings is 1. The molecule has 0 spiro atoms. The van der Waals surface area contributed by atoms with E-state index in [1.54, 1.807) is 10.9 Å². The minimum atomic E-state index is 0.504. The second kappa shape index (κ2) is 7.59. The molecule has 1 unspecified atom stereocenters. The number of nitrogens with zero attached hydrogens (tertiary/aromatic N) is 5. The zero-order chi connectivity index (χ0) is 17.8. The van der Waals surface area contributed by atoms with Gasteiger partial charge in [0, 0.05) is 31.2 Å². The van der Waals surface area contributed by atoms with E-state index in [-0.39, 0.29) is 0 Å². The van der Waals surface area contributed by atoms with Crippen LogP contribution in [0.25, 0.3) is 0 Å². The molecule has 0 saturated heterocycles. The van der Waals surface area contributed by atoms with Crippen molar-refractivity contribution in [2.45, 2.75) is 52.5 Å². The number of hydrogen-bond acceptors (Lipinski definition) is 5. The van der Waals surface area contributed by atoms with Crippen LogP contribution in [0.1, 0.15) is 42.4 Å². The van der Waals surface area contributed by atoms with Gasteiger partial charge in [0.05, 0.1) is 11.4 Å². The van der Waals surface area contributed by atoms with Crippen molar-refractivity contribution in [2.24, 2.45) is 10.1 Å². The van der Waals surface area contributed by atoms with Crippen LogP contribution in [0.2, 0.25) is 0 Å². The summed E-state index contributed by atoms with van der Waals surface area (Å²) in [6, 6.07) is 4.85. The molecule has 1 N–H and O–H groups in total. The van der Waals surface area contributed by atoms with Gasteiger partial charge in [0.25, 0.3) is 0 Å². The summed E-state index contributed by atoms with van der Waals surface area (Å²) in [6.07, 6.45) is 5.92. The number of aryl methyl sites for hydroxylation is 4. The molecule has 1 aliphatic rings. The Balaban J connectivity index is 1.67. The first-order valence-corrected chi connectivity index (χ1v) is 8.86. The zero-order valence-electron chi connectivity index (χ0n) is 15.3. The van der Waals surface area contributed by atoms with E-state index in [2.05, 4.69) is 46.2 Å². The molecule has 132 valence electrons. The summed E-state index contributed by atoms with van der Waals surface area (Å²) < 4.78 is 1.74. The predicted octanol–water partition coefficient (Wildman–Crippen LogP) is 2.64. The summed E-state index contributed by atoms with van der Waals surface area (Å²) >= 11 is 0. The highest BCUT2D eigenvalue weighted by Crippen LogP contribution is 2.23. The van der Waals surface area contributed by atoms with Gasteiger partial charge in [-0.1, -0.05) is 6.07 Å². The molecular weight excluding hydrogens is 312 g/mol. The Labute approximate surface area is 148 Å². The number of aromatic nitrogens is 3. The van der Waals surface area contributed by atoms with Gasteiger partial charge >= 0.3 is 0 Å². The van der Waals surface area contributed by atoms with Crippen molar-refractivity contribution >= 4 is 12.5 Å². The Hall–Kier alpha value is -2.50. The zero-order valence-corrected chi connectivity index (χ0v) is 15.3. The van der Waals surface area contributed by atoms with Gasteiger partial charge in [-0.2, -0.15) is 5.10 Å². The molecule has 0 radical (unpaired) electrons. The third kappa shape index (κ3) is 3.95. The summed E-state index contributed by atoms with van der Waals surface area (Å²) in [6.45, 7) is 10.4. The van der Waals surface area contributed by atoms with E-state index < -0.39 is 0 Å². The van der Waals surface area contributed by atoms with Gasteiger partial charge in [0.15, 0.2) is 5.49 Å². The molecule has 2 aromatic heterocycles. The summed E-state index contributed by atoms with van der Waals surface area (Å²) in [5.41, 5.74) is 5.01. The van der Waals surface area contributed by atoms with E-state index in [0.29, 0.717) is 12.6 Å². The Bertz CT molecular complexity index is 836. The Morgan fingerprint density at radius 3 is 3.00 bits per heavy atom. The number of rotatable bonds is 5. The van der Waals surface area contributed by atoms with E-state index in [1.165, 1.54) is 12.0 Å². The molecule has 0 bridgehead atoms. The highest BCUT2D eigenvalue weighted by Gasteiger charge is 2.15. The second-order valence-corrected chi connectivity index (χ2v) is 6.64. The van der Waals surface area contributed by atoms with Crippen LogP contribution in [0.15, 0.2) is 28.4 Å². The number of fused-ring (bicyclic) bond motifs is 1. The third-order valence-corrected chi connectivity index (χ3v) is 4.56. The van der Waals surface area contributed by atoms with Crippen LogP contribution in [0.3, 0.4) is 0 Å². The quantitative estimate of drug-likeness (QED) is 0.673. The van der Waals surface area contributed by atoms with Crippen molar-refractivity contribution < 1.29 is 0 Å². The minimum absolute atomic E-state index is 0.504. The SMILES string of the molecule is C=Nn1c(C)cnc(C)/c1=N/CCCc1ccc2c(n1)NC(C)CC2. The molecule has 0 aliphatic carbocycles. The Morgan fingerprint density at radius 1 is 1.36 bits per heavy atom. The van der Waals surface area contributed by atoms with Crippen LogP contribution >= 0.6 is 0 Å². The van der Waals surface area contributed by atoms with E-state index >= 15 is 0 Å². The van der Waals surface area contributed by atoms with E-state index in [9.17, 15) is 0 Å². The van der Waals surface area contributed by atoms with Crippen LogP contribution < -0.4 is 10.8 Å². The van der Waals surface area contributed by atoms with Crippen molar-refractivity contribution in [3.05, 3.63) is 46.5 Å². The maximum absolute atomic E-state index is 4.77. The highest BCUT2D eigenvalue weighted by atomic mass is 15.4. The van der Waals surface area contributed by atoms with Gasteiger partial charge in [0.1, 0.15) is 5.82 Å². The fourth-order valence-corrected chi connectivity index (χ4v) is 3.10. The van der Waals surface area contributed by atoms with Crippen molar-refractivity contribution in [2.75, 3.05) is 11.9 Å². The summed E-state index contributed by atoms with van der Waals surface area (Å²) in [5, 5.41) is 7.52. The molecule has 0 aromatic carbocycles. The number of anilines is 1. The van der Waals surface area contributed by atoms with Crippen molar-refractivity contribution in [3.8, 4) is 0 Å². The lowest BCUT2D eigenvalue weighted by molar-refractivity contribution is 0.669.